The summed E-state index contributed by atoms with van der Waals surface area (Å²) in [6.07, 6.45) is 4.33. The maximum Gasteiger partial charge on any atom is 0.120 e. The molecule has 1 heterocycles. The largest absolute Gasteiger partial charge is 0.489 e. The number of aliphatic hydroxyl groups excluding tert-OH is 1. The van der Waals surface area contributed by atoms with Crippen molar-refractivity contribution in [1.82, 2.24) is 4.98 Å². The van der Waals surface area contributed by atoms with Crippen molar-refractivity contribution in [2.45, 2.75) is 38.9 Å². The van der Waals surface area contributed by atoms with E-state index in [9.17, 15) is 5.11 Å². The van der Waals surface area contributed by atoms with Crippen molar-refractivity contribution in [3.05, 3.63) is 71.9 Å². The predicted octanol–water partition coefficient (Wildman–Crippen LogP) is 5.04. The van der Waals surface area contributed by atoms with Crippen LogP contribution in [0.5, 0.6) is 5.75 Å². The highest BCUT2D eigenvalue weighted by Gasteiger charge is 2.08. The van der Waals surface area contributed by atoms with Gasteiger partial charge in [0.25, 0.3) is 0 Å². The van der Waals surface area contributed by atoms with Crippen LogP contribution in [0.1, 0.15) is 43.4 Å². The van der Waals surface area contributed by atoms with Crippen molar-refractivity contribution in [2.75, 3.05) is 0 Å². The molecule has 0 saturated heterocycles. The van der Waals surface area contributed by atoms with Gasteiger partial charge in [0.2, 0.25) is 0 Å². The van der Waals surface area contributed by atoms with Gasteiger partial charge in [-0.1, -0.05) is 44.0 Å². The van der Waals surface area contributed by atoms with Gasteiger partial charge in [0.15, 0.2) is 0 Å². The average molecular weight is 321 g/mol. The number of fused-ring (bicyclic) bond motifs is 1. The Morgan fingerprint density at radius 1 is 1.08 bits per heavy atom. The molecule has 0 radical (unpaired) electrons. The van der Waals surface area contributed by atoms with Gasteiger partial charge in [0.1, 0.15) is 12.4 Å². The van der Waals surface area contributed by atoms with Crippen molar-refractivity contribution in [2.24, 2.45) is 0 Å². The van der Waals surface area contributed by atoms with E-state index in [1.807, 2.05) is 54.6 Å². The van der Waals surface area contributed by atoms with Gasteiger partial charge in [0, 0.05) is 11.6 Å². The van der Waals surface area contributed by atoms with E-state index in [0.717, 1.165) is 47.0 Å². The summed E-state index contributed by atoms with van der Waals surface area (Å²) in [5.74, 6) is 0.826. The number of nitrogens with zero attached hydrogens (tertiary/aromatic N) is 1. The molecule has 1 aromatic heterocycles. The molecule has 3 rings (SSSR count). The summed E-state index contributed by atoms with van der Waals surface area (Å²) >= 11 is 0. The molecule has 0 aliphatic heterocycles. The second-order valence-corrected chi connectivity index (χ2v) is 6.05. The zero-order valence-electron chi connectivity index (χ0n) is 14.0. The van der Waals surface area contributed by atoms with E-state index in [2.05, 4.69) is 11.9 Å². The monoisotopic (exact) mass is 321 g/mol. The first-order valence-electron chi connectivity index (χ1n) is 8.51. The first-order valence-corrected chi connectivity index (χ1v) is 8.51. The lowest BCUT2D eigenvalue weighted by atomic mass is 10.0. The third-order valence-electron chi connectivity index (χ3n) is 4.15. The number of aromatic nitrogens is 1. The molecule has 0 aliphatic rings. The smallest absolute Gasteiger partial charge is 0.120 e. The Hall–Kier alpha value is -2.39. The van der Waals surface area contributed by atoms with Crippen LogP contribution in [0, 0.1) is 0 Å². The molecule has 1 unspecified atom stereocenters. The molecule has 3 heteroatoms. The van der Waals surface area contributed by atoms with Gasteiger partial charge in [-0.05, 0) is 47.9 Å². The summed E-state index contributed by atoms with van der Waals surface area (Å²) in [7, 11) is 0. The highest BCUT2D eigenvalue weighted by atomic mass is 16.5. The maximum absolute atomic E-state index is 10.2. The predicted molar refractivity (Wildman–Crippen MR) is 97.0 cm³/mol. The first kappa shape index (κ1) is 16.5. The molecule has 24 heavy (non-hydrogen) atoms. The fourth-order valence-corrected chi connectivity index (χ4v) is 2.76. The molecule has 0 fully saturated rings. The zero-order chi connectivity index (χ0) is 16.8. The van der Waals surface area contributed by atoms with E-state index in [1.165, 1.54) is 0 Å². The number of benzene rings is 2. The normalized spacial score (nSPS) is 12.2. The molecule has 0 spiro atoms. The van der Waals surface area contributed by atoms with Crippen molar-refractivity contribution in [3.8, 4) is 5.75 Å². The van der Waals surface area contributed by atoms with Gasteiger partial charge < -0.3 is 9.84 Å². The highest BCUT2D eigenvalue weighted by Crippen LogP contribution is 2.22. The molecule has 1 N–H and O–H groups in total. The molecule has 124 valence electrons. The van der Waals surface area contributed by atoms with Crippen LogP contribution < -0.4 is 4.74 Å². The van der Waals surface area contributed by atoms with E-state index < -0.39 is 6.10 Å². The van der Waals surface area contributed by atoms with Gasteiger partial charge >= 0.3 is 0 Å². The second kappa shape index (κ2) is 7.93. The quantitative estimate of drug-likeness (QED) is 0.663. The Kier molecular flexibility index (Phi) is 5.44. The molecule has 0 saturated carbocycles. The lowest BCUT2D eigenvalue weighted by Gasteiger charge is -2.12. The molecule has 0 amide bonds. The summed E-state index contributed by atoms with van der Waals surface area (Å²) in [4.78, 5) is 4.31. The number of hydrogen-bond acceptors (Lipinski definition) is 3. The molecule has 1 atom stereocenters. The standard InChI is InChI=1S/C21H23NO2/c1-2-3-9-21(23)18-7-4-6-16(13-18)15-24-19-10-11-20-17(14-19)8-5-12-22-20/h4-8,10-14,21,23H,2-3,9,15H2,1H3. The third-order valence-corrected chi connectivity index (χ3v) is 4.15. The third kappa shape index (κ3) is 4.12. The van der Waals surface area contributed by atoms with Gasteiger partial charge in [0.05, 0.1) is 11.6 Å². The van der Waals surface area contributed by atoms with E-state index in [4.69, 9.17) is 4.74 Å². The van der Waals surface area contributed by atoms with E-state index >= 15 is 0 Å². The van der Waals surface area contributed by atoms with Crippen LogP contribution in [-0.4, -0.2) is 10.1 Å². The Bertz CT molecular complexity index is 800. The molecule has 3 aromatic rings. The van der Waals surface area contributed by atoms with E-state index in [1.54, 1.807) is 6.20 Å². The number of unbranched alkanes of at least 4 members (excludes halogenated alkanes) is 1. The summed E-state index contributed by atoms with van der Waals surface area (Å²) in [5, 5.41) is 11.3. The highest BCUT2D eigenvalue weighted by molar-refractivity contribution is 5.79. The number of pyridine rings is 1. The van der Waals surface area contributed by atoms with E-state index in [-0.39, 0.29) is 0 Å². The van der Waals surface area contributed by atoms with Crippen LogP contribution in [0.2, 0.25) is 0 Å². The minimum Gasteiger partial charge on any atom is -0.489 e. The molecule has 3 nitrogen and oxygen atoms in total. The van der Waals surface area contributed by atoms with Crippen molar-refractivity contribution in [1.29, 1.82) is 0 Å². The molecule has 2 aromatic carbocycles. The van der Waals surface area contributed by atoms with Crippen LogP contribution in [0.3, 0.4) is 0 Å². The van der Waals surface area contributed by atoms with Crippen LogP contribution >= 0.6 is 0 Å². The van der Waals surface area contributed by atoms with Gasteiger partial charge in [-0.2, -0.15) is 0 Å². The summed E-state index contributed by atoms with van der Waals surface area (Å²) in [6.45, 7) is 2.62. The Labute approximate surface area is 142 Å². The fourth-order valence-electron chi connectivity index (χ4n) is 2.76. The lowest BCUT2D eigenvalue weighted by molar-refractivity contribution is 0.164. The lowest BCUT2D eigenvalue weighted by Crippen LogP contribution is -2.00. The minimum atomic E-state index is -0.392. The molecule has 0 aliphatic carbocycles. The minimum absolute atomic E-state index is 0.392. The summed E-state index contributed by atoms with van der Waals surface area (Å²) in [6, 6.07) is 17.9. The Balaban J connectivity index is 1.67. The average Bonchev–Trinajstić information content (AvgIpc) is 2.64. The van der Waals surface area contributed by atoms with Crippen LogP contribution in [-0.2, 0) is 6.61 Å². The second-order valence-electron chi connectivity index (χ2n) is 6.05. The SMILES string of the molecule is CCCCC(O)c1cccc(COc2ccc3ncccc3c2)c1. The van der Waals surface area contributed by atoms with Crippen LogP contribution in [0.15, 0.2) is 60.8 Å². The Morgan fingerprint density at radius 3 is 2.88 bits per heavy atom. The van der Waals surface area contributed by atoms with Gasteiger partial charge in [-0.15, -0.1) is 0 Å². The first-order chi connectivity index (χ1) is 11.8. The number of rotatable bonds is 7. The van der Waals surface area contributed by atoms with Crippen LogP contribution in [0.25, 0.3) is 10.9 Å². The summed E-state index contributed by atoms with van der Waals surface area (Å²) < 4.78 is 5.91. The Morgan fingerprint density at radius 2 is 2.00 bits per heavy atom. The molecular weight excluding hydrogens is 298 g/mol. The zero-order valence-corrected chi connectivity index (χ0v) is 14.0. The fraction of sp³-hybridized carbons (Fsp3) is 0.286. The van der Waals surface area contributed by atoms with Crippen molar-refractivity contribution >= 4 is 10.9 Å². The van der Waals surface area contributed by atoms with Crippen molar-refractivity contribution < 1.29 is 9.84 Å². The molecular formula is C21H23NO2. The van der Waals surface area contributed by atoms with Gasteiger partial charge in [-0.3, -0.25) is 4.98 Å². The summed E-state index contributed by atoms with van der Waals surface area (Å²) in [5.41, 5.74) is 2.99. The molecule has 0 bridgehead atoms. The number of ether oxygens (including phenoxy) is 1. The number of hydrogen-bond donors (Lipinski definition) is 1. The van der Waals surface area contributed by atoms with E-state index in [0.29, 0.717) is 6.61 Å². The van der Waals surface area contributed by atoms with Crippen molar-refractivity contribution in [3.63, 3.8) is 0 Å². The topological polar surface area (TPSA) is 42.4 Å². The number of aliphatic hydroxyl groups is 1. The van der Waals surface area contributed by atoms with Crippen LogP contribution in [0.4, 0.5) is 0 Å². The maximum atomic E-state index is 10.2. The van der Waals surface area contributed by atoms with Gasteiger partial charge in [-0.25, -0.2) is 0 Å².